The molecular formula is C31H26F6N4O3. The molecule has 3 heterocycles. The number of furan rings is 1. The number of carbonyl (C=O) groups is 2. The third kappa shape index (κ3) is 7.04. The summed E-state index contributed by atoms with van der Waals surface area (Å²) in [6.07, 6.45) is -5.18. The van der Waals surface area contributed by atoms with E-state index in [1.165, 1.54) is 59.6 Å². The summed E-state index contributed by atoms with van der Waals surface area (Å²) in [5, 5.41) is 2.72. The first-order chi connectivity index (χ1) is 20.8. The third-order valence-electron chi connectivity index (χ3n) is 7.36. The smallest absolute Gasteiger partial charge is 0.420 e. The van der Waals surface area contributed by atoms with E-state index in [1.54, 1.807) is 12.1 Å². The number of likely N-dealkylation sites (tertiary alicyclic amines) is 1. The minimum Gasteiger partial charge on any atom is -0.459 e. The van der Waals surface area contributed by atoms with Crippen LogP contribution in [0.25, 0.3) is 28.2 Å². The maximum Gasteiger partial charge on any atom is 0.420 e. The first-order valence-electron chi connectivity index (χ1n) is 13.6. The van der Waals surface area contributed by atoms with Crippen molar-refractivity contribution in [1.82, 2.24) is 15.2 Å². The first-order valence-corrected chi connectivity index (χ1v) is 13.6. The normalized spacial score (nSPS) is 14.8. The van der Waals surface area contributed by atoms with Gasteiger partial charge in [-0.05, 0) is 78.1 Å². The van der Waals surface area contributed by atoms with E-state index >= 15 is 0 Å². The average Bonchev–Trinajstić information content (AvgIpc) is 3.41. The van der Waals surface area contributed by atoms with E-state index in [2.05, 4.69) is 10.3 Å². The zero-order chi connectivity index (χ0) is 31.6. The van der Waals surface area contributed by atoms with Gasteiger partial charge in [0.2, 0.25) is 5.91 Å². The van der Waals surface area contributed by atoms with E-state index in [4.69, 9.17) is 10.2 Å². The van der Waals surface area contributed by atoms with Crippen LogP contribution in [0.5, 0.6) is 0 Å². The summed E-state index contributed by atoms with van der Waals surface area (Å²) >= 11 is 0. The highest BCUT2D eigenvalue weighted by Crippen LogP contribution is 2.40. The number of nitrogens with zero attached hydrogens (tertiary/aromatic N) is 2. The van der Waals surface area contributed by atoms with Crippen molar-refractivity contribution in [3.05, 3.63) is 89.3 Å². The number of hydrogen-bond donors (Lipinski definition) is 2. The standard InChI is InChI=1S/C31H26F6N4O3/c32-30(33,34)23-9-11-41(12-10-23)29(43)20-5-3-19(4-6-20)21-13-22-14-24(44-28(22)25(15-21)31(35,36)37)17-40-27(42)8-2-18-1-7-26(38)39-16-18/h1-8,13-16,23H,9-12,17H2,(H2,38,39)(H,40,42)/b8-2+. The van der Waals surface area contributed by atoms with Crippen LogP contribution in [0, 0.1) is 5.92 Å². The van der Waals surface area contributed by atoms with Crippen LogP contribution in [0.2, 0.25) is 0 Å². The van der Waals surface area contributed by atoms with E-state index in [0.717, 1.165) is 6.07 Å². The van der Waals surface area contributed by atoms with Crippen molar-refractivity contribution in [3.8, 4) is 11.1 Å². The summed E-state index contributed by atoms with van der Waals surface area (Å²) in [5.74, 6) is -1.95. The number of rotatable bonds is 6. The minimum absolute atomic E-state index is 0.0317. The molecule has 1 fully saturated rings. The zero-order valence-corrected chi connectivity index (χ0v) is 23.0. The van der Waals surface area contributed by atoms with Gasteiger partial charge >= 0.3 is 12.4 Å². The Hall–Kier alpha value is -4.81. The summed E-state index contributed by atoms with van der Waals surface area (Å²) < 4.78 is 86.4. The van der Waals surface area contributed by atoms with Gasteiger partial charge in [0.25, 0.3) is 5.91 Å². The second-order valence-corrected chi connectivity index (χ2v) is 10.4. The summed E-state index contributed by atoms with van der Waals surface area (Å²) in [7, 11) is 0. The van der Waals surface area contributed by atoms with Crippen molar-refractivity contribution < 1.29 is 40.3 Å². The molecule has 0 bridgehead atoms. The number of benzene rings is 2. The van der Waals surface area contributed by atoms with Gasteiger partial charge in [-0.1, -0.05) is 12.1 Å². The Bertz CT molecular complexity index is 1690. The van der Waals surface area contributed by atoms with Crippen LogP contribution >= 0.6 is 0 Å². The molecule has 230 valence electrons. The second-order valence-electron chi connectivity index (χ2n) is 10.4. The fourth-order valence-corrected chi connectivity index (χ4v) is 4.99. The molecule has 0 unspecified atom stereocenters. The fourth-order valence-electron chi connectivity index (χ4n) is 4.99. The summed E-state index contributed by atoms with van der Waals surface area (Å²) in [6, 6.07) is 12.9. The molecule has 5 rings (SSSR count). The van der Waals surface area contributed by atoms with Crippen LogP contribution < -0.4 is 11.1 Å². The molecule has 0 radical (unpaired) electrons. The molecule has 3 N–H and O–H groups in total. The van der Waals surface area contributed by atoms with E-state index in [0.29, 0.717) is 16.9 Å². The number of piperidine rings is 1. The SMILES string of the molecule is Nc1ccc(/C=C/C(=O)NCc2cc3cc(-c4ccc(C(=O)N5CCC(C(F)(F)F)CC5)cc4)cc(C(F)(F)F)c3o2)cn1. The van der Waals surface area contributed by atoms with Crippen molar-refractivity contribution in [2.45, 2.75) is 31.7 Å². The van der Waals surface area contributed by atoms with E-state index in [-0.39, 0.29) is 60.3 Å². The second kappa shape index (κ2) is 12.1. The van der Waals surface area contributed by atoms with Crippen molar-refractivity contribution >= 4 is 34.7 Å². The first kappa shape index (κ1) is 30.6. The zero-order valence-electron chi connectivity index (χ0n) is 23.0. The highest BCUT2D eigenvalue weighted by atomic mass is 19.4. The Morgan fingerprint density at radius 3 is 2.30 bits per heavy atom. The minimum atomic E-state index is -4.75. The van der Waals surface area contributed by atoms with Crippen LogP contribution in [0.3, 0.4) is 0 Å². The molecule has 2 aromatic heterocycles. The molecule has 1 aliphatic rings. The van der Waals surface area contributed by atoms with Gasteiger partial charge < -0.3 is 20.4 Å². The van der Waals surface area contributed by atoms with E-state index in [9.17, 15) is 35.9 Å². The number of anilines is 1. The maximum absolute atomic E-state index is 14.0. The number of aromatic nitrogens is 1. The highest BCUT2D eigenvalue weighted by Gasteiger charge is 2.42. The average molecular weight is 617 g/mol. The predicted molar refractivity (Wildman–Crippen MR) is 151 cm³/mol. The Labute approximate surface area is 247 Å². The molecule has 0 atom stereocenters. The molecule has 0 saturated carbocycles. The quantitative estimate of drug-likeness (QED) is 0.183. The number of fused-ring (bicyclic) bond motifs is 1. The van der Waals surface area contributed by atoms with E-state index in [1.807, 2.05) is 0 Å². The van der Waals surface area contributed by atoms with Crippen LogP contribution in [0.1, 0.15) is 40.1 Å². The van der Waals surface area contributed by atoms with Gasteiger partial charge in [-0.2, -0.15) is 26.3 Å². The van der Waals surface area contributed by atoms with Gasteiger partial charge in [0, 0.05) is 36.3 Å². The lowest BCUT2D eigenvalue weighted by molar-refractivity contribution is -0.183. The van der Waals surface area contributed by atoms with Gasteiger partial charge in [0.1, 0.15) is 17.2 Å². The molecular weight excluding hydrogens is 590 g/mol. The molecule has 2 aromatic carbocycles. The van der Waals surface area contributed by atoms with Crippen LogP contribution in [-0.4, -0.2) is 41.0 Å². The summed E-state index contributed by atoms with van der Waals surface area (Å²) in [4.78, 5) is 30.3. The Balaban J connectivity index is 1.31. The largest absolute Gasteiger partial charge is 0.459 e. The van der Waals surface area contributed by atoms with Gasteiger partial charge in [-0.15, -0.1) is 0 Å². The number of pyridine rings is 1. The number of nitrogens with one attached hydrogen (secondary N) is 1. The molecule has 1 saturated heterocycles. The molecule has 13 heteroatoms. The number of amides is 2. The van der Waals surface area contributed by atoms with Crippen molar-refractivity contribution in [3.63, 3.8) is 0 Å². The van der Waals surface area contributed by atoms with E-state index < -0.39 is 35.6 Å². The molecule has 7 nitrogen and oxygen atoms in total. The molecule has 0 aliphatic carbocycles. The van der Waals surface area contributed by atoms with Gasteiger partial charge in [-0.3, -0.25) is 9.59 Å². The lowest BCUT2D eigenvalue weighted by Gasteiger charge is -2.33. The fraction of sp³-hybridized carbons (Fsp3) is 0.258. The van der Waals surface area contributed by atoms with Crippen molar-refractivity contribution in [2.75, 3.05) is 18.8 Å². The number of halogens is 6. The molecule has 2 amide bonds. The Morgan fingerprint density at radius 2 is 1.68 bits per heavy atom. The molecule has 4 aromatic rings. The lowest BCUT2D eigenvalue weighted by atomic mass is 9.95. The van der Waals surface area contributed by atoms with Crippen LogP contribution in [-0.2, 0) is 17.5 Å². The monoisotopic (exact) mass is 616 g/mol. The summed E-state index contributed by atoms with van der Waals surface area (Å²) in [6.45, 7) is -0.229. The highest BCUT2D eigenvalue weighted by molar-refractivity contribution is 5.95. The van der Waals surface area contributed by atoms with Gasteiger partial charge in [0.05, 0.1) is 18.0 Å². The van der Waals surface area contributed by atoms with Crippen LogP contribution in [0.15, 0.2) is 71.3 Å². The number of nitrogens with two attached hydrogens (primary N) is 1. The van der Waals surface area contributed by atoms with Crippen molar-refractivity contribution in [2.24, 2.45) is 5.92 Å². The molecule has 1 aliphatic heterocycles. The Kier molecular flexibility index (Phi) is 8.40. The topological polar surface area (TPSA) is 101 Å². The predicted octanol–water partition coefficient (Wildman–Crippen LogP) is 6.84. The summed E-state index contributed by atoms with van der Waals surface area (Å²) in [5.41, 5.74) is 5.59. The van der Waals surface area contributed by atoms with Crippen LogP contribution in [0.4, 0.5) is 32.2 Å². The maximum atomic E-state index is 14.0. The third-order valence-corrected chi connectivity index (χ3v) is 7.36. The number of hydrogen-bond acceptors (Lipinski definition) is 5. The molecule has 0 spiro atoms. The van der Waals surface area contributed by atoms with Gasteiger partial charge in [0.15, 0.2) is 0 Å². The number of carbonyl (C=O) groups excluding carboxylic acids is 2. The number of alkyl halides is 6. The van der Waals surface area contributed by atoms with Gasteiger partial charge in [-0.25, -0.2) is 4.98 Å². The van der Waals surface area contributed by atoms with Crippen molar-refractivity contribution in [1.29, 1.82) is 0 Å². The number of nitrogen functional groups attached to an aromatic ring is 1. The lowest BCUT2D eigenvalue weighted by Crippen LogP contribution is -2.42. The molecule has 44 heavy (non-hydrogen) atoms. The Morgan fingerprint density at radius 1 is 0.977 bits per heavy atom.